The molecule has 0 bridgehead atoms. The zero-order chi connectivity index (χ0) is 17.9. The first-order chi connectivity index (χ1) is 11.6. The first-order valence-electron chi connectivity index (χ1n) is 7.66. The van der Waals surface area contributed by atoms with Gasteiger partial charge in [-0.2, -0.15) is 0 Å². The molecule has 0 spiro atoms. The zero-order valence-corrected chi connectivity index (χ0v) is 14.1. The molecule has 0 aromatic heterocycles. The van der Waals surface area contributed by atoms with Gasteiger partial charge in [-0.05, 0) is 42.9 Å². The highest BCUT2D eigenvalue weighted by molar-refractivity contribution is 5.91. The maximum Gasteiger partial charge on any atom is 0.221 e. The lowest BCUT2D eigenvalue weighted by Crippen LogP contribution is -2.18. The van der Waals surface area contributed by atoms with Crippen LogP contribution in [-0.2, 0) is 16.1 Å². The second-order valence-electron chi connectivity index (χ2n) is 5.37. The van der Waals surface area contributed by atoms with Crippen molar-refractivity contribution in [3.05, 3.63) is 41.0 Å². The number of allylic oxidation sites excluding steroid dienone is 1. The standard InChI is InChI=1S/C16H21N3O.CH4N2O/c1-11(9-17)8-16(18)20-10-14-13(12-6-7-12)4-3-5-15(14)19-2;2-3-1-4/h3-5,8-9,12,17-19H,6-7,10H2,1-2H3;1H,2H2,(H,3,4)/b11-8-,17-9?,18-16?;. The zero-order valence-electron chi connectivity index (χ0n) is 14.1. The summed E-state index contributed by atoms with van der Waals surface area (Å²) in [6, 6.07) is 6.25. The Kier molecular flexibility index (Phi) is 8.21. The minimum Gasteiger partial charge on any atom is -0.473 e. The summed E-state index contributed by atoms with van der Waals surface area (Å²) in [5.74, 6) is 5.15. The lowest BCUT2D eigenvalue weighted by Gasteiger charge is -2.15. The van der Waals surface area contributed by atoms with E-state index in [1.165, 1.54) is 24.6 Å². The molecule has 1 aromatic carbocycles. The van der Waals surface area contributed by atoms with E-state index in [1.807, 2.05) is 13.1 Å². The predicted octanol–water partition coefficient (Wildman–Crippen LogP) is 2.30. The highest BCUT2D eigenvalue weighted by Crippen LogP contribution is 2.43. The number of carbonyl (C=O) groups excluding carboxylic acids is 1. The van der Waals surface area contributed by atoms with E-state index in [0.29, 0.717) is 24.5 Å². The molecule has 130 valence electrons. The van der Waals surface area contributed by atoms with Gasteiger partial charge in [0.1, 0.15) is 6.61 Å². The molecule has 0 radical (unpaired) electrons. The van der Waals surface area contributed by atoms with E-state index < -0.39 is 0 Å². The molecule has 1 saturated carbocycles. The van der Waals surface area contributed by atoms with Crippen molar-refractivity contribution < 1.29 is 9.53 Å². The van der Waals surface area contributed by atoms with E-state index in [4.69, 9.17) is 20.3 Å². The smallest absolute Gasteiger partial charge is 0.221 e. The number of benzene rings is 1. The molecule has 1 aliphatic carbocycles. The quantitative estimate of drug-likeness (QED) is 0.131. The maximum absolute atomic E-state index is 8.94. The van der Waals surface area contributed by atoms with E-state index in [9.17, 15) is 0 Å². The van der Waals surface area contributed by atoms with Gasteiger partial charge in [0.2, 0.25) is 12.3 Å². The van der Waals surface area contributed by atoms with Crippen LogP contribution >= 0.6 is 0 Å². The number of anilines is 1. The number of carbonyl (C=O) groups is 1. The molecule has 0 aliphatic heterocycles. The predicted molar refractivity (Wildman–Crippen MR) is 96.4 cm³/mol. The molecule has 0 atom stereocenters. The van der Waals surface area contributed by atoms with Gasteiger partial charge in [-0.25, -0.2) is 5.84 Å². The molecule has 0 saturated heterocycles. The lowest BCUT2D eigenvalue weighted by atomic mass is 10.0. The largest absolute Gasteiger partial charge is 0.473 e. The molecule has 2 rings (SSSR count). The third-order valence-corrected chi connectivity index (χ3v) is 3.53. The number of amides is 1. The van der Waals surface area contributed by atoms with E-state index in [2.05, 4.69) is 23.3 Å². The SMILES string of the molecule is CNc1cccc(C2CC2)c1COC(=N)/C=C(/C)C=N.NNC=O. The molecule has 1 fully saturated rings. The van der Waals surface area contributed by atoms with E-state index in [1.54, 1.807) is 18.4 Å². The van der Waals surface area contributed by atoms with Crippen molar-refractivity contribution in [2.75, 3.05) is 12.4 Å². The summed E-state index contributed by atoms with van der Waals surface area (Å²) in [7, 11) is 1.90. The number of nitrogens with two attached hydrogens (primary N) is 1. The molecule has 7 heteroatoms. The number of hydrogen-bond acceptors (Lipinski definition) is 6. The van der Waals surface area contributed by atoms with Gasteiger partial charge in [-0.3, -0.25) is 15.6 Å². The van der Waals surface area contributed by atoms with Crippen LogP contribution in [0.3, 0.4) is 0 Å². The van der Waals surface area contributed by atoms with Gasteiger partial charge in [0, 0.05) is 30.6 Å². The van der Waals surface area contributed by atoms with Crippen molar-refractivity contribution in [2.24, 2.45) is 5.84 Å². The van der Waals surface area contributed by atoms with E-state index in [0.717, 1.165) is 11.3 Å². The van der Waals surface area contributed by atoms with Crippen molar-refractivity contribution in [1.82, 2.24) is 5.43 Å². The van der Waals surface area contributed by atoms with Gasteiger partial charge in [-0.1, -0.05) is 12.1 Å². The first-order valence-corrected chi connectivity index (χ1v) is 7.66. The number of hydrogen-bond donors (Lipinski definition) is 5. The van der Waals surface area contributed by atoms with Gasteiger partial charge in [0.05, 0.1) is 0 Å². The Bertz CT molecular complexity index is 609. The van der Waals surface area contributed by atoms with Gasteiger partial charge >= 0.3 is 0 Å². The van der Waals surface area contributed by atoms with Crippen LogP contribution in [0.15, 0.2) is 29.8 Å². The van der Waals surface area contributed by atoms with Crippen LogP contribution in [0.2, 0.25) is 0 Å². The minimum atomic E-state index is 0.0960. The van der Waals surface area contributed by atoms with Crippen LogP contribution in [0.4, 0.5) is 5.69 Å². The third kappa shape index (κ3) is 6.21. The van der Waals surface area contributed by atoms with Crippen LogP contribution in [0.25, 0.3) is 0 Å². The van der Waals surface area contributed by atoms with Crippen LogP contribution in [-0.4, -0.2) is 25.6 Å². The Morgan fingerprint density at radius 2 is 2.12 bits per heavy atom. The Morgan fingerprint density at radius 1 is 1.46 bits per heavy atom. The third-order valence-electron chi connectivity index (χ3n) is 3.53. The summed E-state index contributed by atoms with van der Waals surface area (Å²) in [4.78, 5) is 8.94. The molecule has 7 nitrogen and oxygen atoms in total. The fraction of sp³-hybridized carbons (Fsp3) is 0.353. The summed E-state index contributed by atoms with van der Waals surface area (Å²) < 4.78 is 5.53. The molecule has 1 aliphatic rings. The summed E-state index contributed by atoms with van der Waals surface area (Å²) >= 11 is 0. The average Bonchev–Trinajstić information content (AvgIpc) is 3.44. The number of nitrogens with one attached hydrogen (secondary N) is 4. The number of rotatable bonds is 7. The van der Waals surface area contributed by atoms with Gasteiger partial charge in [0.15, 0.2) is 0 Å². The van der Waals surface area contributed by atoms with Crippen molar-refractivity contribution in [2.45, 2.75) is 32.3 Å². The molecule has 24 heavy (non-hydrogen) atoms. The Labute approximate surface area is 142 Å². The topological polar surface area (TPSA) is 124 Å². The number of ether oxygens (including phenoxy) is 1. The average molecular weight is 331 g/mol. The van der Waals surface area contributed by atoms with Gasteiger partial charge in [-0.15, -0.1) is 0 Å². The fourth-order valence-corrected chi connectivity index (χ4v) is 2.22. The summed E-state index contributed by atoms with van der Waals surface area (Å²) in [6.07, 6.45) is 5.66. The second kappa shape index (κ2) is 10.2. The van der Waals surface area contributed by atoms with Crippen LogP contribution in [0.5, 0.6) is 0 Å². The van der Waals surface area contributed by atoms with Crippen LogP contribution in [0, 0.1) is 10.8 Å². The summed E-state index contributed by atoms with van der Waals surface area (Å²) in [5.41, 5.74) is 6.00. The molecule has 1 aromatic rings. The van der Waals surface area contributed by atoms with Crippen molar-refractivity contribution in [1.29, 1.82) is 10.8 Å². The summed E-state index contributed by atoms with van der Waals surface area (Å²) in [5, 5.41) is 18.1. The molecule has 0 unspecified atom stereocenters. The minimum absolute atomic E-state index is 0.0960. The normalized spacial score (nSPS) is 13.2. The second-order valence-corrected chi connectivity index (χ2v) is 5.37. The highest BCUT2D eigenvalue weighted by atomic mass is 16.5. The fourth-order valence-electron chi connectivity index (χ4n) is 2.22. The molecular weight excluding hydrogens is 306 g/mol. The monoisotopic (exact) mass is 331 g/mol. The van der Waals surface area contributed by atoms with Crippen LogP contribution in [0.1, 0.15) is 36.8 Å². The van der Waals surface area contributed by atoms with Gasteiger partial charge < -0.3 is 15.5 Å². The van der Waals surface area contributed by atoms with Crippen molar-refractivity contribution in [3.63, 3.8) is 0 Å². The maximum atomic E-state index is 8.94. The van der Waals surface area contributed by atoms with Crippen LogP contribution < -0.4 is 16.6 Å². The lowest BCUT2D eigenvalue weighted by molar-refractivity contribution is -0.109. The van der Waals surface area contributed by atoms with E-state index >= 15 is 0 Å². The van der Waals surface area contributed by atoms with Crippen molar-refractivity contribution in [3.8, 4) is 0 Å². The highest BCUT2D eigenvalue weighted by Gasteiger charge is 2.27. The molecule has 6 N–H and O–H groups in total. The Hall–Kier alpha value is -2.67. The molecule has 1 amide bonds. The molecular formula is C17H25N5O2. The van der Waals surface area contributed by atoms with Crippen molar-refractivity contribution >= 4 is 24.2 Å². The first kappa shape index (κ1) is 19.4. The number of hydrazine groups is 1. The van der Waals surface area contributed by atoms with E-state index in [-0.39, 0.29) is 5.90 Å². The molecule has 0 heterocycles. The summed E-state index contributed by atoms with van der Waals surface area (Å²) in [6.45, 7) is 2.17. The van der Waals surface area contributed by atoms with Gasteiger partial charge in [0.25, 0.3) is 0 Å². The Balaban J connectivity index is 0.000000648. The Morgan fingerprint density at radius 3 is 2.62 bits per heavy atom.